The second kappa shape index (κ2) is 13.9. The Labute approximate surface area is 239 Å². The molecule has 4 rings (SSSR count). The molecule has 11 nitrogen and oxygen atoms in total. The van der Waals surface area contributed by atoms with Crippen LogP contribution >= 0.6 is 0 Å². The van der Waals surface area contributed by atoms with E-state index in [0.717, 1.165) is 33.5 Å². The third-order valence-corrected chi connectivity index (χ3v) is 7.18. The van der Waals surface area contributed by atoms with Crippen LogP contribution in [-0.2, 0) is 28.9 Å². The Bertz CT molecular complexity index is 1280. The standard InChI is InChI=1S/C30H39N3O8/c1-17(2)24-22(28(33-32-24)41-29-27(37)26(36)25(35)23(15-34)40-29)14-21-10-9-19(13-18(21)3)11-12-31-30(38)39-16-20-7-5-4-6-8-20/h4-10,13,17,23,25-27,29,34-37H,11-12,14-16H2,1-3H3,(H,31,38)(H,32,33)/t23-,25-,26+,27-,29+/m1/s1. The van der Waals surface area contributed by atoms with E-state index in [0.29, 0.717) is 19.4 Å². The van der Waals surface area contributed by atoms with Crippen LogP contribution in [0.15, 0.2) is 48.5 Å². The number of aryl methyl sites for hydroxylation is 1. The Morgan fingerprint density at radius 3 is 2.51 bits per heavy atom. The molecular formula is C30H39N3O8. The minimum absolute atomic E-state index is 0.0944. The number of rotatable bonds is 11. The average Bonchev–Trinajstić information content (AvgIpc) is 3.36. The van der Waals surface area contributed by atoms with Crippen molar-refractivity contribution < 1.29 is 39.4 Å². The minimum Gasteiger partial charge on any atom is -0.445 e. The highest BCUT2D eigenvalue weighted by atomic mass is 16.7. The first-order valence-electron chi connectivity index (χ1n) is 13.7. The molecule has 0 aliphatic carbocycles. The first-order chi connectivity index (χ1) is 19.7. The Morgan fingerprint density at radius 2 is 1.83 bits per heavy atom. The van der Waals surface area contributed by atoms with E-state index in [2.05, 4.69) is 21.6 Å². The summed E-state index contributed by atoms with van der Waals surface area (Å²) in [5, 5.41) is 50.2. The van der Waals surface area contributed by atoms with Gasteiger partial charge in [0.1, 0.15) is 31.0 Å². The third kappa shape index (κ3) is 7.63. The zero-order valence-corrected chi connectivity index (χ0v) is 23.5. The van der Waals surface area contributed by atoms with Crippen molar-refractivity contribution in [3.8, 4) is 5.88 Å². The number of ether oxygens (including phenoxy) is 3. The van der Waals surface area contributed by atoms with Crippen LogP contribution in [0.5, 0.6) is 5.88 Å². The number of aliphatic hydroxyl groups excluding tert-OH is 4. The largest absolute Gasteiger partial charge is 0.445 e. The molecule has 3 aromatic rings. The van der Waals surface area contributed by atoms with Gasteiger partial charge in [0.25, 0.3) is 0 Å². The van der Waals surface area contributed by atoms with Crippen LogP contribution in [-0.4, -0.2) is 80.6 Å². The lowest BCUT2D eigenvalue weighted by Gasteiger charge is -2.39. The number of nitrogens with one attached hydrogen (secondary N) is 2. The molecule has 1 aromatic heterocycles. The first-order valence-corrected chi connectivity index (χ1v) is 13.7. The van der Waals surface area contributed by atoms with Crippen LogP contribution in [0.25, 0.3) is 0 Å². The molecule has 0 bridgehead atoms. The van der Waals surface area contributed by atoms with Crippen molar-refractivity contribution in [2.24, 2.45) is 0 Å². The number of carbonyl (C=O) groups excluding carboxylic acids is 1. The summed E-state index contributed by atoms with van der Waals surface area (Å²) in [5.41, 5.74) is 5.69. The zero-order chi connectivity index (χ0) is 29.5. The van der Waals surface area contributed by atoms with Crippen LogP contribution in [0.4, 0.5) is 4.79 Å². The predicted molar refractivity (Wildman–Crippen MR) is 149 cm³/mol. The van der Waals surface area contributed by atoms with E-state index in [1.54, 1.807) is 0 Å². The van der Waals surface area contributed by atoms with Gasteiger partial charge >= 0.3 is 6.09 Å². The van der Waals surface area contributed by atoms with Crippen molar-refractivity contribution in [2.75, 3.05) is 13.2 Å². The topological polar surface area (TPSA) is 166 Å². The lowest BCUT2D eigenvalue weighted by molar-refractivity contribution is -0.278. The molecule has 1 amide bonds. The first kappa shape index (κ1) is 30.5. The molecule has 1 aliphatic heterocycles. The Morgan fingerprint density at radius 1 is 1.07 bits per heavy atom. The van der Waals surface area contributed by atoms with Gasteiger partial charge < -0.3 is 40.0 Å². The van der Waals surface area contributed by atoms with Gasteiger partial charge in [-0.2, -0.15) is 0 Å². The molecule has 1 aliphatic rings. The van der Waals surface area contributed by atoms with Crippen molar-refractivity contribution in [1.29, 1.82) is 0 Å². The fourth-order valence-electron chi connectivity index (χ4n) is 4.77. The summed E-state index contributed by atoms with van der Waals surface area (Å²) >= 11 is 0. The predicted octanol–water partition coefficient (Wildman–Crippen LogP) is 2.08. The molecule has 6 N–H and O–H groups in total. The van der Waals surface area contributed by atoms with Crippen molar-refractivity contribution in [3.05, 3.63) is 82.0 Å². The highest BCUT2D eigenvalue weighted by Crippen LogP contribution is 2.32. The number of H-pyrrole nitrogens is 1. The molecule has 0 unspecified atom stereocenters. The van der Waals surface area contributed by atoms with E-state index >= 15 is 0 Å². The number of hydrogen-bond donors (Lipinski definition) is 6. The Kier molecular flexibility index (Phi) is 10.4. The fraction of sp³-hybridized carbons (Fsp3) is 0.467. The lowest BCUT2D eigenvalue weighted by atomic mass is 9.95. The smallest absolute Gasteiger partial charge is 0.407 e. The van der Waals surface area contributed by atoms with Gasteiger partial charge in [-0.3, -0.25) is 5.10 Å². The number of benzene rings is 2. The van der Waals surface area contributed by atoms with E-state index in [4.69, 9.17) is 14.2 Å². The van der Waals surface area contributed by atoms with Gasteiger partial charge in [-0.15, -0.1) is 5.10 Å². The Balaban J connectivity index is 1.38. The summed E-state index contributed by atoms with van der Waals surface area (Å²) in [5.74, 6) is 0.302. The molecule has 1 fully saturated rings. The molecule has 41 heavy (non-hydrogen) atoms. The molecule has 11 heteroatoms. The van der Waals surface area contributed by atoms with Gasteiger partial charge in [0.05, 0.1) is 6.61 Å². The van der Waals surface area contributed by atoms with Gasteiger partial charge in [0.2, 0.25) is 12.2 Å². The van der Waals surface area contributed by atoms with E-state index in [9.17, 15) is 25.2 Å². The summed E-state index contributed by atoms with van der Waals surface area (Å²) in [6.07, 6.45) is -6.32. The van der Waals surface area contributed by atoms with Crippen molar-refractivity contribution in [2.45, 2.75) is 76.8 Å². The fourth-order valence-corrected chi connectivity index (χ4v) is 4.77. The number of carbonyl (C=O) groups is 1. The number of hydrogen-bond acceptors (Lipinski definition) is 9. The molecule has 0 spiro atoms. The second-order valence-corrected chi connectivity index (χ2v) is 10.6. The highest BCUT2D eigenvalue weighted by Gasteiger charge is 2.45. The van der Waals surface area contributed by atoms with E-state index < -0.39 is 43.4 Å². The number of amides is 1. The summed E-state index contributed by atoms with van der Waals surface area (Å²) in [7, 11) is 0. The maximum Gasteiger partial charge on any atom is 0.407 e. The number of alkyl carbamates (subject to hydrolysis) is 1. The molecule has 2 aromatic carbocycles. The zero-order valence-electron chi connectivity index (χ0n) is 23.5. The van der Waals surface area contributed by atoms with Gasteiger partial charge in [0, 0.05) is 24.2 Å². The molecule has 2 heterocycles. The van der Waals surface area contributed by atoms with Crippen LogP contribution < -0.4 is 10.1 Å². The number of aliphatic hydroxyl groups is 4. The molecule has 1 saturated heterocycles. The van der Waals surface area contributed by atoms with E-state index in [1.165, 1.54) is 0 Å². The minimum atomic E-state index is -1.55. The quantitative estimate of drug-likeness (QED) is 0.203. The molecule has 0 saturated carbocycles. The molecule has 5 atom stereocenters. The van der Waals surface area contributed by atoms with E-state index in [-0.39, 0.29) is 18.4 Å². The summed E-state index contributed by atoms with van der Waals surface area (Å²) in [6.45, 7) is 6.14. The average molecular weight is 570 g/mol. The summed E-state index contributed by atoms with van der Waals surface area (Å²) in [6, 6.07) is 15.6. The monoisotopic (exact) mass is 569 g/mol. The van der Waals surface area contributed by atoms with Crippen LogP contribution in [0.2, 0.25) is 0 Å². The maximum absolute atomic E-state index is 12.0. The van der Waals surface area contributed by atoms with Crippen molar-refractivity contribution in [3.63, 3.8) is 0 Å². The van der Waals surface area contributed by atoms with Crippen LogP contribution in [0, 0.1) is 6.92 Å². The van der Waals surface area contributed by atoms with Crippen LogP contribution in [0.3, 0.4) is 0 Å². The number of aromatic nitrogens is 2. The normalized spacial score (nSPS) is 22.5. The van der Waals surface area contributed by atoms with Gasteiger partial charge in [-0.1, -0.05) is 62.4 Å². The summed E-state index contributed by atoms with van der Waals surface area (Å²) < 4.78 is 16.7. The Hall–Kier alpha value is -3.48. The second-order valence-electron chi connectivity index (χ2n) is 10.6. The molecular weight excluding hydrogens is 530 g/mol. The molecule has 222 valence electrons. The summed E-state index contributed by atoms with van der Waals surface area (Å²) in [4.78, 5) is 12.0. The van der Waals surface area contributed by atoms with Crippen LogP contribution in [0.1, 0.15) is 53.3 Å². The SMILES string of the molecule is Cc1cc(CCNC(=O)OCc2ccccc2)ccc1Cc1c(O[C@@H]2O[C@H](CO)[C@@H](O)[C@H](O)[C@H]2O)n[nH]c1C(C)C. The highest BCUT2D eigenvalue weighted by molar-refractivity contribution is 5.67. The third-order valence-electron chi connectivity index (χ3n) is 7.18. The van der Waals surface area contributed by atoms with Gasteiger partial charge in [-0.25, -0.2) is 4.79 Å². The van der Waals surface area contributed by atoms with Gasteiger partial charge in [0.15, 0.2) is 0 Å². The van der Waals surface area contributed by atoms with Gasteiger partial charge in [-0.05, 0) is 41.5 Å². The van der Waals surface area contributed by atoms with E-state index in [1.807, 2.05) is 63.2 Å². The van der Waals surface area contributed by atoms with Crippen molar-refractivity contribution in [1.82, 2.24) is 15.5 Å². The maximum atomic E-state index is 12.0. The number of nitrogens with zero attached hydrogens (tertiary/aromatic N) is 1. The number of aromatic amines is 1. The lowest BCUT2D eigenvalue weighted by Crippen LogP contribution is -2.60. The molecule has 0 radical (unpaired) electrons. The van der Waals surface area contributed by atoms with Crippen molar-refractivity contribution >= 4 is 6.09 Å².